The predicted octanol–water partition coefficient (Wildman–Crippen LogP) is 3.89. The molecule has 1 aliphatic rings. The van der Waals surface area contributed by atoms with Crippen molar-refractivity contribution in [3.05, 3.63) is 59.2 Å². The molecular formula is C19H19F2NO2. The highest BCUT2D eigenvalue weighted by molar-refractivity contribution is 5.95. The molecule has 3 rings (SSSR count). The molecule has 24 heavy (non-hydrogen) atoms. The molecule has 0 aromatic heterocycles. The molecule has 0 spiro atoms. The summed E-state index contributed by atoms with van der Waals surface area (Å²) in [5, 5.41) is 0. The van der Waals surface area contributed by atoms with Crippen LogP contribution in [-0.2, 0) is 17.6 Å². The second-order valence-corrected chi connectivity index (χ2v) is 5.72. The number of amides is 1. The van der Waals surface area contributed by atoms with Crippen LogP contribution in [0.2, 0.25) is 0 Å². The summed E-state index contributed by atoms with van der Waals surface area (Å²) in [6, 6.07) is 9.69. The first-order chi connectivity index (χ1) is 11.6. The van der Waals surface area contributed by atoms with Gasteiger partial charge in [-0.05, 0) is 37.5 Å². The molecule has 0 unspecified atom stereocenters. The van der Waals surface area contributed by atoms with Gasteiger partial charge in [-0.15, -0.1) is 0 Å². The molecule has 126 valence electrons. The number of aryl methyl sites for hydroxylation is 1. The number of anilines is 1. The first-order valence-corrected chi connectivity index (χ1v) is 8.09. The molecule has 0 fully saturated rings. The summed E-state index contributed by atoms with van der Waals surface area (Å²) in [7, 11) is 0. The molecule has 1 aliphatic heterocycles. The Bertz CT molecular complexity index is 761. The van der Waals surface area contributed by atoms with E-state index >= 15 is 0 Å². The van der Waals surface area contributed by atoms with Gasteiger partial charge in [-0.25, -0.2) is 8.78 Å². The molecule has 0 saturated heterocycles. The van der Waals surface area contributed by atoms with E-state index in [1.165, 1.54) is 11.0 Å². The van der Waals surface area contributed by atoms with E-state index in [0.717, 1.165) is 17.4 Å². The summed E-state index contributed by atoms with van der Waals surface area (Å²) in [5.74, 6) is -0.605. The van der Waals surface area contributed by atoms with Gasteiger partial charge >= 0.3 is 0 Å². The Labute approximate surface area is 139 Å². The maximum atomic E-state index is 13.8. The van der Waals surface area contributed by atoms with E-state index < -0.39 is 11.6 Å². The van der Waals surface area contributed by atoms with Crippen LogP contribution in [0.1, 0.15) is 24.5 Å². The van der Waals surface area contributed by atoms with Crippen LogP contribution >= 0.6 is 0 Å². The van der Waals surface area contributed by atoms with E-state index in [4.69, 9.17) is 4.74 Å². The van der Waals surface area contributed by atoms with Crippen LogP contribution in [0.25, 0.3) is 0 Å². The number of nitrogens with zero attached hydrogens (tertiary/aromatic N) is 1. The first kappa shape index (κ1) is 16.4. The molecule has 5 heteroatoms. The van der Waals surface area contributed by atoms with Crippen LogP contribution in [0.3, 0.4) is 0 Å². The molecule has 0 saturated carbocycles. The lowest BCUT2D eigenvalue weighted by atomic mass is 10.1. The monoisotopic (exact) mass is 331 g/mol. The van der Waals surface area contributed by atoms with Gasteiger partial charge in [0, 0.05) is 24.6 Å². The Hall–Kier alpha value is -2.43. The molecule has 1 heterocycles. The zero-order valence-electron chi connectivity index (χ0n) is 13.5. The molecule has 3 nitrogen and oxygen atoms in total. The summed E-state index contributed by atoms with van der Waals surface area (Å²) in [5.41, 5.74) is 1.73. The maximum absolute atomic E-state index is 13.8. The van der Waals surface area contributed by atoms with Gasteiger partial charge < -0.3 is 9.64 Å². The highest BCUT2D eigenvalue weighted by atomic mass is 19.1. The van der Waals surface area contributed by atoms with Gasteiger partial charge in [-0.2, -0.15) is 0 Å². The summed E-state index contributed by atoms with van der Waals surface area (Å²) < 4.78 is 32.8. The van der Waals surface area contributed by atoms with E-state index in [1.807, 2.05) is 31.2 Å². The van der Waals surface area contributed by atoms with Gasteiger partial charge in [0.05, 0.1) is 12.3 Å². The van der Waals surface area contributed by atoms with Crippen LogP contribution in [0.15, 0.2) is 36.4 Å². The lowest BCUT2D eigenvalue weighted by Crippen LogP contribution is -2.29. The lowest BCUT2D eigenvalue weighted by Gasteiger charge is -2.18. The number of halogens is 2. The first-order valence-electron chi connectivity index (χ1n) is 8.09. The number of carbonyl (C=O) groups excluding carboxylic acids is 1. The van der Waals surface area contributed by atoms with Crippen molar-refractivity contribution in [3.63, 3.8) is 0 Å². The SMILES string of the molecule is CCOc1ccccc1CCC(=O)N1CCc2c(F)cc(F)cc21. The van der Waals surface area contributed by atoms with Crippen LogP contribution in [0.4, 0.5) is 14.5 Å². The summed E-state index contributed by atoms with van der Waals surface area (Å²) >= 11 is 0. The van der Waals surface area contributed by atoms with Crippen molar-refractivity contribution in [1.82, 2.24) is 0 Å². The van der Waals surface area contributed by atoms with E-state index in [1.54, 1.807) is 0 Å². The highest BCUT2D eigenvalue weighted by Gasteiger charge is 2.27. The van der Waals surface area contributed by atoms with Crippen molar-refractivity contribution in [1.29, 1.82) is 0 Å². The minimum atomic E-state index is -0.660. The van der Waals surface area contributed by atoms with Crippen molar-refractivity contribution in [2.75, 3.05) is 18.1 Å². The van der Waals surface area contributed by atoms with Crippen LogP contribution in [-0.4, -0.2) is 19.1 Å². The summed E-state index contributed by atoms with van der Waals surface area (Å²) in [6.45, 7) is 2.86. The minimum Gasteiger partial charge on any atom is -0.494 e. The number of hydrogen-bond donors (Lipinski definition) is 0. The van der Waals surface area contributed by atoms with E-state index in [2.05, 4.69) is 0 Å². The highest BCUT2D eigenvalue weighted by Crippen LogP contribution is 2.32. The molecule has 0 N–H and O–H groups in total. The normalized spacial score (nSPS) is 13.0. The number of rotatable bonds is 5. The molecule has 2 aromatic carbocycles. The van der Waals surface area contributed by atoms with E-state index in [0.29, 0.717) is 37.2 Å². The molecule has 0 bridgehead atoms. The maximum Gasteiger partial charge on any atom is 0.227 e. The van der Waals surface area contributed by atoms with E-state index in [-0.39, 0.29) is 12.3 Å². The smallest absolute Gasteiger partial charge is 0.227 e. The Morgan fingerprint density at radius 2 is 2.04 bits per heavy atom. The Morgan fingerprint density at radius 3 is 2.83 bits per heavy atom. The quantitative estimate of drug-likeness (QED) is 0.832. The largest absolute Gasteiger partial charge is 0.494 e. The van der Waals surface area contributed by atoms with Crippen molar-refractivity contribution < 1.29 is 18.3 Å². The topological polar surface area (TPSA) is 29.5 Å². The average Bonchev–Trinajstić information content (AvgIpc) is 2.98. The van der Waals surface area contributed by atoms with Gasteiger partial charge in [0.2, 0.25) is 5.91 Å². The number of hydrogen-bond acceptors (Lipinski definition) is 2. The Morgan fingerprint density at radius 1 is 1.25 bits per heavy atom. The molecule has 1 amide bonds. The van der Waals surface area contributed by atoms with E-state index in [9.17, 15) is 13.6 Å². The van der Waals surface area contributed by atoms with Crippen LogP contribution in [0.5, 0.6) is 5.75 Å². The number of benzene rings is 2. The third kappa shape index (κ3) is 3.25. The van der Waals surface area contributed by atoms with Gasteiger partial charge in [-0.1, -0.05) is 18.2 Å². The predicted molar refractivity (Wildman–Crippen MR) is 88.3 cm³/mol. The van der Waals surface area contributed by atoms with Crippen molar-refractivity contribution in [3.8, 4) is 5.75 Å². The lowest BCUT2D eigenvalue weighted by molar-refractivity contribution is -0.118. The number of para-hydroxylation sites is 1. The fourth-order valence-corrected chi connectivity index (χ4v) is 3.06. The summed E-state index contributed by atoms with van der Waals surface area (Å²) in [4.78, 5) is 14.0. The Balaban J connectivity index is 1.72. The zero-order valence-corrected chi connectivity index (χ0v) is 13.5. The van der Waals surface area contributed by atoms with Crippen molar-refractivity contribution >= 4 is 11.6 Å². The second kappa shape index (κ2) is 6.99. The van der Waals surface area contributed by atoms with Gasteiger partial charge in [-0.3, -0.25) is 4.79 Å². The van der Waals surface area contributed by atoms with Crippen molar-refractivity contribution in [2.45, 2.75) is 26.2 Å². The molecule has 2 aromatic rings. The average molecular weight is 331 g/mol. The summed E-state index contributed by atoms with van der Waals surface area (Å²) in [6.07, 6.45) is 1.21. The van der Waals surface area contributed by atoms with Gasteiger partial charge in [0.25, 0.3) is 0 Å². The van der Waals surface area contributed by atoms with Gasteiger partial charge in [0.1, 0.15) is 17.4 Å². The standard InChI is InChI=1S/C19H19F2NO2/c1-2-24-18-6-4-3-5-13(18)7-8-19(23)22-10-9-15-16(21)11-14(20)12-17(15)22/h3-6,11-12H,2,7-10H2,1H3. The van der Waals surface area contributed by atoms with Crippen molar-refractivity contribution in [2.24, 2.45) is 0 Å². The minimum absolute atomic E-state index is 0.134. The fourth-order valence-electron chi connectivity index (χ4n) is 3.06. The third-order valence-electron chi connectivity index (χ3n) is 4.19. The Kier molecular flexibility index (Phi) is 4.79. The zero-order chi connectivity index (χ0) is 17.1. The third-order valence-corrected chi connectivity index (χ3v) is 4.19. The molecular weight excluding hydrogens is 312 g/mol. The molecule has 0 atom stereocenters. The second-order valence-electron chi connectivity index (χ2n) is 5.72. The fraction of sp³-hybridized carbons (Fsp3) is 0.316. The van der Waals surface area contributed by atoms with Crippen LogP contribution < -0.4 is 9.64 Å². The van der Waals surface area contributed by atoms with Crippen LogP contribution in [0, 0.1) is 11.6 Å². The molecule has 0 radical (unpaired) electrons. The molecule has 0 aliphatic carbocycles. The number of ether oxygens (including phenoxy) is 1. The van der Waals surface area contributed by atoms with Gasteiger partial charge in [0.15, 0.2) is 0 Å². The number of fused-ring (bicyclic) bond motifs is 1. The number of carbonyl (C=O) groups is 1.